The Morgan fingerprint density at radius 2 is 1.47 bits per heavy atom. The van der Waals surface area contributed by atoms with Gasteiger partial charge in [0.15, 0.2) is 11.5 Å². The lowest BCUT2D eigenvalue weighted by Crippen LogP contribution is -1.83. The number of benzene rings is 2. The highest BCUT2D eigenvalue weighted by Crippen LogP contribution is 2.30. The van der Waals surface area contributed by atoms with Gasteiger partial charge in [-0.2, -0.15) is 0 Å². The second-order valence-corrected chi connectivity index (χ2v) is 3.06. The van der Waals surface area contributed by atoms with E-state index in [1.807, 2.05) is 0 Å². The second kappa shape index (κ2) is 3.92. The van der Waals surface area contributed by atoms with Gasteiger partial charge in [-0.3, -0.25) is 0 Å². The van der Waals surface area contributed by atoms with Gasteiger partial charge in [-0.05, 0) is 36.4 Å². The van der Waals surface area contributed by atoms with Crippen molar-refractivity contribution < 1.29 is 14.9 Å². The highest BCUT2D eigenvalue weighted by molar-refractivity contribution is 5.42. The molecule has 0 spiro atoms. The molecule has 0 unspecified atom stereocenters. The summed E-state index contributed by atoms with van der Waals surface area (Å²) in [5, 5.41) is 18.5. The van der Waals surface area contributed by atoms with Crippen LogP contribution in [-0.2, 0) is 0 Å². The van der Waals surface area contributed by atoms with Gasteiger partial charge in [0.25, 0.3) is 0 Å². The van der Waals surface area contributed by atoms with E-state index in [1.165, 1.54) is 12.1 Å². The number of para-hydroxylation sites is 2. The lowest BCUT2D eigenvalue weighted by molar-refractivity contribution is 0.410. The summed E-state index contributed by atoms with van der Waals surface area (Å²) in [5.74, 6) is 1.22. The number of rotatable bonds is 2. The van der Waals surface area contributed by atoms with E-state index in [2.05, 4.69) is 0 Å². The molecule has 0 bridgehead atoms. The number of ether oxygens (including phenoxy) is 1. The van der Waals surface area contributed by atoms with E-state index in [4.69, 9.17) is 9.84 Å². The summed E-state index contributed by atoms with van der Waals surface area (Å²) in [5.41, 5.74) is 0. The molecule has 0 aliphatic heterocycles. The van der Waals surface area contributed by atoms with Crippen molar-refractivity contribution in [2.45, 2.75) is 0 Å². The molecule has 0 aliphatic rings. The number of aromatic hydroxyl groups is 2. The molecule has 2 aromatic rings. The first-order valence-electron chi connectivity index (χ1n) is 4.50. The van der Waals surface area contributed by atoms with Gasteiger partial charge in [-0.25, -0.2) is 0 Å². The van der Waals surface area contributed by atoms with Crippen LogP contribution in [0.4, 0.5) is 0 Å². The number of hydrogen-bond acceptors (Lipinski definition) is 3. The van der Waals surface area contributed by atoms with Crippen LogP contribution in [0.25, 0.3) is 0 Å². The van der Waals surface area contributed by atoms with Gasteiger partial charge in [-0.1, -0.05) is 12.1 Å². The van der Waals surface area contributed by atoms with Crippen molar-refractivity contribution in [3.05, 3.63) is 48.5 Å². The van der Waals surface area contributed by atoms with E-state index >= 15 is 0 Å². The quantitative estimate of drug-likeness (QED) is 0.787. The van der Waals surface area contributed by atoms with Crippen molar-refractivity contribution in [3.8, 4) is 23.0 Å². The van der Waals surface area contributed by atoms with Crippen LogP contribution in [0.15, 0.2) is 48.5 Å². The SMILES string of the molecule is Oc1ccc(Oc2ccccc2O)cc1. The summed E-state index contributed by atoms with van der Waals surface area (Å²) in [4.78, 5) is 0. The normalized spacial score (nSPS) is 9.87. The van der Waals surface area contributed by atoms with Gasteiger partial charge in [0.05, 0.1) is 0 Å². The first-order valence-corrected chi connectivity index (χ1v) is 4.50. The van der Waals surface area contributed by atoms with Crippen molar-refractivity contribution >= 4 is 0 Å². The van der Waals surface area contributed by atoms with E-state index in [0.717, 1.165) is 0 Å². The Kier molecular flexibility index (Phi) is 2.46. The molecule has 15 heavy (non-hydrogen) atoms. The minimum atomic E-state index is 0.0885. The predicted molar refractivity (Wildman–Crippen MR) is 56.3 cm³/mol. The molecule has 0 saturated heterocycles. The van der Waals surface area contributed by atoms with Crippen molar-refractivity contribution in [2.75, 3.05) is 0 Å². The summed E-state index contributed by atoms with van der Waals surface area (Å²) >= 11 is 0. The topological polar surface area (TPSA) is 49.7 Å². The molecule has 2 aromatic carbocycles. The zero-order valence-corrected chi connectivity index (χ0v) is 7.92. The largest absolute Gasteiger partial charge is 0.508 e. The van der Waals surface area contributed by atoms with Crippen molar-refractivity contribution in [1.82, 2.24) is 0 Å². The first-order chi connectivity index (χ1) is 7.25. The van der Waals surface area contributed by atoms with Crippen LogP contribution >= 0.6 is 0 Å². The van der Waals surface area contributed by atoms with Crippen molar-refractivity contribution in [3.63, 3.8) is 0 Å². The van der Waals surface area contributed by atoms with Crippen LogP contribution in [0.2, 0.25) is 0 Å². The zero-order valence-electron chi connectivity index (χ0n) is 7.92. The second-order valence-electron chi connectivity index (χ2n) is 3.06. The first kappa shape index (κ1) is 9.40. The number of hydrogen-bond donors (Lipinski definition) is 2. The maximum absolute atomic E-state index is 9.45. The van der Waals surface area contributed by atoms with E-state index < -0.39 is 0 Å². The molecule has 2 rings (SSSR count). The molecule has 0 amide bonds. The van der Waals surface area contributed by atoms with Crippen LogP contribution in [0.5, 0.6) is 23.0 Å². The van der Waals surface area contributed by atoms with Crippen LogP contribution in [0.3, 0.4) is 0 Å². The van der Waals surface area contributed by atoms with Gasteiger partial charge in [0.2, 0.25) is 0 Å². The molecule has 76 valence electrons. The number of phenolic OH excluding ortho intramolecular Hbond substituents is 2. The molecule has 0 atom stereocenters. The molecular weight excluding hydrogens is 192 g/mol. The molecule has 0 heterocycles. The average Bonchev–Trinajstić information content (AvgIpc) is 2.25. The molecule has 0 aliphatic carbocycles. The average molecular weight is 202 g/mol. The summed E-state index contributed by atoms with van der Waals surface area (Å²) in [6.07, 6.45) is 0. The summed E-state index contributed by atoms with van der Waals surface area (Å²) in [6, 6.07) is 13.0. The molecule has 0 fully saturated rings. The van der Waals surface area contributed by atoms with Gasteiger partial charge < -0.3 is 14.9 Å². The standard InChI is InChI=1S/C12H10O3/c13-9-5-7-10(8-6-9)15-12-4-2-1-3-11(12)14/h1-8,13-14H. The Morgan fingerprint density at radius 3 is 2.13 bits per heavy atom. The molecular formula is C12H10O3. The van der Waals surface area contributed by atoms with E-state index in [9.17, 15) is 5.11 Å². The minimum Gasteiger partial charge on any atom is -0.508 e. The summed E-state index contributed by atoms with van der Waals surface area (Å²) in [6.45, 7) is 0. The van der Waals surface area contributed by atoms with E-state index in [0.29, 0.717) is 11.5 Å². The Balaban J connectivity index is 2.22. The van der Waals surface area contributed by atoms with Crippen LogP contribution in [0.1, 0.15) is 0 Å². The van der Waals surface area contributed by atoms with E-state index in [-0.39, 0.29) is 11.5 Å². The maximum Gasteiger partial charge on any atom is 0.169 e. The molecule has 2 N–H and O–H groups in total. The Hall–Kier alpha value is -2.16. The highest BCUT2D eigenvalue weighted by atomic mass is 16.5. The third-order valence-electron chi connectivity index (χ3n) is 1.93. The minimum absolute atomic E-state index is 0.0885. The summed E-state index contributed by atoms with van der Waals surface area (Å²) in [7, 11) is 0. The third-order valence-corrected chi connectivity index (χ3v) is 1.93. The molecule has 0 saturated carbocycles. The fourth-order valence-corrected chi connectivity index (χ4v) is 1.18. The molecule has 0 aromatic heterocycles. The van der Waals surface area contributed by atoms with Gasteiger partial charge in [0.1, 0.15) is 11.5 Å². The van der Waals surface area contributed by atoms with Crippen LogP contribution in [-0.4, -0.2) is 10.2 Å². The predicted octanol–water partition coefficient (Wildman–Crippen LogP) is 2.89. The number of phenols is 2. The van der Waals surface area contributed by atoms with Gasteiger partial charge >= 0.3 is 0 Å². The van der Waals surface area contributed by atoms with Gasteiger partial charge in [0, 0.05) is 0 Å². The zero-order chi connectivity index (χ0) is 10.7. The fourth-order valence-electron chi connectivity index (χ4n) is 1.18. The van der Waals surface area contributed by atoms with Crippen molar-refractivity contribution in [1.29, 1.82) is 0 Å². The molecule has 0 radical (unpaired) electrons. The molecule has 3 nitrogen and oxygen atoms in total. The van der Waals surface area contributed by atoms with E-state index in [1.54, 1.807) is 36.4 Å². The Labute approximate surface area is 87.2 Å². The smallest absolute Gasteiger partial charge is 0.169 e. The fraction of sp³-hybridized carbons (Fsp3) is 0. The maximum atomic E-state index is 9.45. The highest BCUT2D eigenvalue weighted by Gasteiger charge is 2.01. The van der Waals surface area contributed by atoms with Crippen molar-refractivity contribution in [2.24, 2.45) is 0 Å². The Bertz CT molecular complexity index is 449. The third kappa shape index (κ3) is 2.20. The van der Waals surface area contributed by atoms with Crippen LogP contribution in [0, 0.1) is 0 Å². The lowest BCUT2D eigenvalue weighted by atomic mass is 10.3. The molecule has 3 heteroatoms. The lowest BCUT2D eigenvalue weighted by Gasteiger charge is -2.06. The van der Waals surface area contributed by atoms with Gasteiger partial charge in [-0.15, -0.1) is 0 Å². The summed E-state index contributed by atoms with van der Waals surface area (Å²) < 4.78 is 5.40. The monoisotopic (exact) mass is 202 g/mol. The van der Waals surface area contributed by atoms with Crippen LogP contribution < -0.4 is 4.74 Å². The Morgan fingerprint density at radius 1 is 0.800 bits per heavy atom.